The van der Waals surface area contributed by atoms with Crippen LogP contribution in [0, 0.1) is 0 Å². The standard InChI is InChI=1S/C25H25ClN2O4S/c26-24-7-3-2-6-20(24)18-32-22-12-8-19(9-13-22)25(29)27-21-10-14-23(15-11-21)33(30,31)28-16-4-1-5-17-28/h2-3,6-15H,1,4-5,16-18H2,(H,27,29). The van der Waals surface area contributed by atoms with Crippen molar-refractivity contribution in [2.45, 2.75) is 30.8 Å². The molecule has 1 heterocycles. The lowest BCUT2D eigenvalue weighted by molar-refractivity contribution is 0.102. The number of rotatable bonds is 7. The van der Waals surface area contributed by atoms with E-state index >= 15 is 0 Å². The summed E-state index contributed by atoms with van der Waals surface area (Å²) in [6.07, 6.45) is 2.83. The molecule has 0 atom stereocenters. The van der Waals surface area contributed by atoms with Gasteiger partial charge in [-0.15, -0.1) is 0 Å². The van der Waals surface area contributed by atoms with Gasteiger partial charge < -0.3 is 10.1 Å². The number of nitrogens with one attached hydrogen (secondary N) is 1. The molecule has 1 amide bonds. The van der Waals surface area contributed by atoms with Crippen LogP contribution in [-0.4, -0.2) is 31.7 Å². The van der Waals surface area contributed by atoms with Crippen molar-refractivity contribution in [2.75, 3.05) is 18.4 Å². The average Bonchev–Trinajstić information content (AvgIpc) is 2.85. The summed E-state index contributed by atoms with van der Waals surface area (Å²) in [5.41, 5.74) is 1.87. The van der Waals surface area contributed by atoms with Crippen molar-refractivity contribution in [2.24, 2.45) is 0 Å². The normalized spacial score (nSPS) is 14.6. The molecular formula is C25H25ClN2O4S. The van der Waals surface area contributed by atoms with Crippen LogP contribution in [-0.2, 0) is 16.6 Å². The summed E-state index contributed by atoms with van der Waals surface area (Å²) in [4.78, 5) is 12.8. The minimum atomic E-state index is -3.49. The van der Waals surface area contributed by atoms with Gasteiger partial charge in [0.1, 0.15) is 12.4 Å². The zero-order valence-corrected chi connectivity index (χ0v) is 19.6. The van der Waals surface area contributed by atoms with Crippen molar-refractivity contribution >= 4 is 33.2 Å². The first kappa shape index (κ1) is 23.3. The maximum Gasteiger partial charge on any atom is 0.255 e. The zero-order valence-electron chi connectivity index (χ0n) is 18.0. The highest BCUT2D eigenvalue weighted by Gasteiger charge is 2.25. The molecule has 1 N–H and O–H groups in total. The van der Waals surface area contributed by atoms with E-state index in [1.807, 2.05) is 24.3 Å². The summed E-state index contributed by atoms with van der Waals surface area (Å²) < 4.78 is 32.8. The first-order valence-corrected chi connectivity index (χ1v) is 12.6. The number of sulfonamides is 1. The van der Waals surface area contributed by atoms with Crippen LogP contribution in [0.4, 0.5) is 5.69 Å². The van der Waals surface area contributed by atoms with E-state index in [2.05, 4.69) is 5.32 Å². The second kappa shape index (κ2) is 10.4. The predicted molar refractivity (Wildman–Crippen MR) is 129 cm³/mol. The van der Waals surface area contributed by atoms with E-state index in [4.69, 9.17) is 16.3 Å². The largest absolute Gasteiger partial charge is 0.489 e. The highest BCUT2D eigenvalue weighted by Crippen LogP contribution is 2.23. The number of nitrogens with zero attached hydrogens (tertiary/aromatic N) is 1. The fourth-order valence-corrected chi connectivity index (χ4v) is 5.35. The van der Waals surface area contributed by atoms with Crippen molar-refractivity contribution in [3.05, 3.63) is 88.9 Å². The van der Waals surface area contributed by atoms with Gasteiger partial charge >= 0.3 is 0 Å². The minimum absolute atomic E-state index is 0.238. The summed E-state index contributed by atoms with van der Waals surface area (Å²) >= 11 is 6.14. The molecule has 1 aliphatic rings. The lowest BCUT2D eigenvalue weighted by atomic mass is 10.2. The molecule has 1 aliphatic heterocycles. The molecule has 1 fully saturated rings. The van der Waals surface area contributed by atoms with Crippen LogP contribution in [0.15, 0.2) is 77.7 Å². The van der Waals surface area contributed by atoms with Gasteiger partial charge in [0.25, 0.3) is 5.91 Å². The van der Waals surface area contributed by atoms with Gasteiger partial charge in [-0.1, -0.05) is 36.2 Å². The lowest BCUT2D eigenvalue weighted by Gasteiger charge is -2.25. The summed E-state index contributed by atoms with van der Waals surface area (Å²) in [5.74, 6) is 0.332. The number of piperidine rings is 1. The Kier molecular flexibility index (Phi) is 7.33. The summed E-state index contributed by atoms with van der Waals surface area (Å²) in [5, 5.41) is 3.44. The van der Waals surface area contributed by atoms with Crippen molar-refractivity contribution in [3.8, 4) is 5.75 Å². The average molecular weight is 485 g/mol. The fourth-order valence-electron chi connectivity index (χ4n) is 3.65. The zero-order chi connectivity index (χ0) is 23.3. The Morgan fingerprint density at radius 1 is 0.909 bits per heavy atom. The Morgan fingerprint density at radius 2 is 1.58 bits per heavy atom. The maximum absolute atomic E-state index is 12.8. The quantitative estimate of drug-likeness (QED) is 0.490. The number of carbonyl (C=O) groups excluding carboxylic acids is 1. The smallest absolute Gasteiger partial charge is 0.255 e. The van der Waals surface area contributed by atoms with Gasteiger partial charge in [-0.3, -0.25) is 4.79 Å². The van der Waals surface area contributed by atoms with Gasteiger partial charge in [0.15, 0.2) is 0 Å². The molecule has 0 unspecified atom stereocenters. The molecule has 3 aromatic carbocycles. The fraction of sp³-hybridized carbons (Fsp3) is 0.240. The first-order valence-electron chi connectivity index (χ1n) is 10.8. The number of benzene rings is 3. The first-order chi connectivity index (χ1) is 15.9. The van der Waals surface area contributed by atoms with Crippen LogP contribution in [0.5, 0.6) is 5.75 Å². The number of ether oxygens (including phenoxy) is 1. The second-order valence-electron chi connectivity index (χ2n) is 7.85. The molecule has 172 valence electrons. The van der Waals surface area contributed by atoms with Gasteiger partial charge in [-0.25, -0.2) is 8.42 Å². The predicted octanol–water partition coefficient (Wildman–Crippen LogP) is 5.35. The molecule has 0 radical (unpaired) electrons. The minimum Gasteiger partial charge on any atom is -0.489 e. The maximum atomic E-state index is 12.8. The van der Waals surface area contributed by atoms with E-state index in [0.717, 1.165) is 24.8 Å². The van der Waals surface area contributed by atoms with Gasteiger partial charge in [-0.05, 0) is 67.4 Å². The molecule has 0 aliphatic carbocycles. The van der Waals surface area contributed by atoms with Crippen molar-refractivity contribution in [1.82, 2.24) is 4.31 Å². The Bertz CT molecular complexity index is 1210. The number of hydrogen-bond donors (Lipinski definition) is 1. The molecular weight excluding hydrogens is 460 g/mol. The number of hydrogen-bond acceptors (Lipinski definition) is 4. The van der Waals surface area contributed by atoms with Crippen molar-refractivity contribution < 1.29 is 17.9 Å². The summed E-state index contributed by atoms with van der Waals surface area (Å²) in [6.45, 7) is 1.44. The number of anilines is 1. The number of halogens is 1. The van der Waals surface area contributed by atoms with Gasteiger partial charge in [0, 0.05) is 34.9 Å². The van der Waals surface area contributed by atoms with Crippen LogP contribution < -0.4 is 10.1 Å². The second-order valence-corrected chi connectivity index (χ2v) is 10.2. The van der Waals surface area contributed by atoms with Crippen molar-refractivity contribution in [1.29, 1.82) is 0 Å². The lowest BCUT2D eigenvalue weighted by Crippen LogP contribution is -2.35. The number of carbonyl (C=O) groups is 1. The Labute approximate surface area is 199 Å². The van der Waals surface area contributed by atoms with E-state index in [-0.39, 0.29) is 10.8 Å². The van der Waals surface area contributed by atoms with Gasteiger partial charge in [0.2, 0.25) is 10.0 Å². The van der Waals surface area contributed by atoms with E-state index in [1.54, 1.807) is 36.4 Å². The monoisotopic (exact) mass is 484 g/mol. The Morgan fingerprint density at radius 3 is 2.24 bits per heavy atom. The summed E-state index contributed by atoms with van der Waals surface area (Å²) in [7, 11) is -3.49. The van der Waals surface area contributed by atoms with E-state index < -0.39 is 10.0 Å². The van der Waals surface area contributed by atoms with Crippen LogP contribution in [0.3, 0.4) is 0 Å². The van der Waals surface area contributed by atoms with Crippen LogP contribution in [0.2, 0.25) is 5.02 Å². The molecule has 33 heavy (non-hydrogen) atoms. The molecule has 0 aromatic heterocycles. The Balaban J connectivity index is 1.35. The molecule has 6 nitrogen and oxygen atoms in total. The van der Waals surface area contributed by atoms with E-state index in [9.17, 15) is 13.2 Å². The molecule has 4 rings (SSSR count). The third-order valence-electron chi connectivity index (χ3n) is 5.53. The third kappa shape index (κ3) is 5.74. The molecule has 0 bridgehead atoms. The SMILES string of the molecule is O=C(Nc1ccc(S(=O)(=O)N2CCCCC2)cc1)c1ccc(OCc2ccccc2Cl)cc1. The van der Waals surface area contributed by atoms with Crippen LogP contribution in [0.25, 0.3) is 0 Å². The van der Waals surface area contributed by atoms with Crippen LogP contribution >= 0.6 is 11.6 Å². The van der Waals surface area contributed by atoms with Gasteiger partial charge in [0.05, 0.1) is 4.90 Å². The van der Waals surface area contributed by atoms with Crippen LogP contribution in [0.1, 0.15) is 35.2 Å². The number of amides is 1. The third-order valence-corrected chi connectivity index (χ3v) is 7.82. The van der Waals surface area contributed by atoms with E-state index in [1.165, 1.54) is 16.4 Å². The summed E-state index contributed by atoms with van der Waals surface area (Å²) in [6, 6.07) is 20.5. The molecule has 1 saturated heterocycles. The topological polar surface area (TPSA) is 75.7 Å². The Hall–Kier alpha value is -2.87. The molecule has 0 saturated carbocycles. The highest BCUT2D eigenvalue weighted by atomic mass is 35.5. The molecule has 8 heteroatoms. The van der Waals surface area contributed by atoms with Crippen molar-refractivity contribution in [3.63, 3.8) is 0 Å². The highest BCUT2D eigenvalue weighted by molar-refractivity contribution is 7.89. The van der Waals surface area contributed by atoms with Gasteiger partial charge in [-0.2, -0.15) is 4.31 Å². The molecule has 0 spiro atoms. The molecule has 3 aromatic rings. The van der Waals surface area contributed by atoms with E-state index in [0.29, 0.717) is 41.7 Å².